The van der Waals surface area contributed by atoms with Crippen LogP contribution in [0.15, 0.2) is 36.8 Å². The van der Waals surface area contributed by atoms with Gasteiger partial charge in [-0.05, 0) is 38.5 Å². The van der Waals surface area contributed by atoms with Crippen LogP contribution in [-0.4, -0.2) is 48.4 Å². The highest BCUT2D eigenvalue weighted by Crippen LogP contribution is 2.25. The zero-order valence-electron chi connectivity index (χ0n) is 14.5. The largest absolute Gasteiger partial charge is 0.384 e. The zero-order chi connectivity index (χ0) is 17.8. The molecular formula is C18H21N5O2. The minimum absolute atomic E-state index is 0.0298. The maximum Gasteiger partial charge on any atom is 0.255 e. The molecule has 3 aromatic heterocycles. The van der Waals surface area contributed by atoms with Gasteiger partial charge in [0.25, 0.3) is 5.91 Å². The summed E-state index contributed by atoms with van der Waals surface area (Å²) in [6.07, 6.45) is 5.58. The summed E-state index contributed by atoms with van der Waals surface area (Å²) in [5.41, 5.74) is 2.41. The van der Waals surface area contributed by atoms with Crippen molar-refractivity contribution in [3.8, 4) is 0 Å². The molecule has 0 atom stereocenters. The van der Waals surface area contributed by atoms with Crippen LogP contribution in [0.3, 0.4) is 0 Å². The number of rotatable bonds is 3. The van der Waals surface area contributed by atoms with Crippen molar-refractivity contribution in [2.24, 2.45) is 0 Å². The molecule has 3 aromatic rings. The number of aliphatic hydroxyl groups is 1. The smallest absolute Gasteiger partial charge is 0.255 e. The molecule has 0 aromatic carbocycles. The van der Waals surface area contributed by atoms with Crippen molar-refractivity contribution in [1.82, 2.24) is 24.3 Å². The van der Waals surface area contributed by atoms with Crippen molar-refractivity contribution in [1.29, 1.82) is 0 Å². The van der Waals surface area contributed by atoms with Crippen molar-refractivity contribution >= 4 is 11.4 Å². The highest BCUT2D eigenvalue weighted by Gasteiger charge is 2.34. The third-order valence-corrected chi connectivity index (χ3v) is 4.75. The fourth-order valence-electron chi connectivity index (χ4n) is 3.11. The number of aryl methyl sites for hydroxylation is 1. The van der Waals surface area contributed by atoms with Crippen LogP contribution in [0.4, 0.5) is 0 Å². The molecular weight excluding hydrogens is 318 g/mol. The highest BCUT2D eigenvalue weighted by molar-refractivity contribution is 5.96. The first kappa shape index (κ1) is 15.8. The Bertz CT molecular complexity index is 944. The van der Waals surface area contributed by atoms with E-state index in [9.17, 15) is 9.90 Å². The maximum atomic E-state index is 12.7. The first-order valence-corrected chi connectivity index (χ1v) is 8.34. The summed E-state index contributed by atoms with van der Waals surface area (Å²) in [6.45, 7) is 6.58. The monoisotopic (exact) mass is 339 g/mol. The van der Waals surface area contributed by atoms with Crippen molar-refractivity contribution in [2.45, 2.75) is 32.4 Å². The Morgan fingerprint density at radius 2 is 2.08 bits per heavy atom. The third kappa shape index (κ3) is 2.70. The summed E-state index contributed by atoms with van der Waals surface area (Å²) in [5, 5.41) is 18.1. The summed E-state index contributed by atoms with van der Waals surface area (Å²) in [5.74, 6) is 0.0298. The summed E-state index contributed by atoms with van der Waals surface area (Å²) >= 11 is 0. The fourth-order valence-corrected chi connectivity index (χ4v) is 3.11. The van der Waals surface area contributed by atoms with Crippen LogP contribution in [0.1, 0.15) is 41.5 Å². The normalized spacial score (nSPS) is 15.6. The second-order valence-corrected chi connectivity index (χ2v) is 7.22. The Morgan fingerprint density at radius 3 is 2.72 bits per heavy atom. The molecule has 0 bridgehead atoms. The van der Waals surface area contributed by atoms with Crippen molar-refractivity contribution < 1.29 is 9.90 Å². The molecule has 1 saturated heterocycles. The van der Waals surface area contributed by atoms with Gasteiger partial charge in [-0.3, -0.25) is 4.79 Å². The number of fused-ring (bicyclic) bond motifs is 1. The lowest BCUT2D eigenvalue weighted by atomic mass is 10.1. The van der Waals surface area contributed by atoms with Crippen LogP contribution in [0.25, 0.3) is 5.52 Å². The Hall–Kier alpha value is -2.67. The van der Waals surface area contributed by atoms with Gasteiger partial charge in [0, 0.05) is 31.0 Å². The molecule has 1 fully saturated rings. The number of carbonyl (C=O) groups excluding carboxylic acids is 1. The molecule has 1 aliphatic rings. The van der Waals surface area contributed by atoms with Gasteiger partial charge in [-0.2, -0.15) is 0 Å². The first-order chi connectivity index (χ1) is 11.8. The van der Waals surface area contributed by atoms with Crippen LogP contribution >= 0.6 is 0 Å². The molecule has 4 heterocycles. The predicted molar refractivity (Wildman–Crippen MR) is 92.3 cm³/mol. The van der Waals surface area contributed by atoms with E-state index >= 15 is 0 Å². The Morgan fingerprint density at radius 1 is 1.32 bits per heavy atom. The number of pyridine rings is 1. The molecule has 25 heavy (non-hydrogen) atoms. The number of nitrogens with zero attached hydrogens (tertiary/aromatic N) is 5. The van der Waals surface area contributed by atoms with E-state index in [2.05, 4.69) is 10.3 Å². The summed E-state index contributed by atoms with van der Waals surface area (Å²) < 4.78 is 3.71. The highest BCUT2D eigenvalue weighted by atomic mass is 16.3. The molecule has 0 unspecified atom stereocenters. The lowest BCUT2D eigenvalue weighted by molar-refractivity contribution is 0.0496. The van der Waals surface area contributed by atoms with E-state index in [1.54, 1.807) is 29.6 Å². The Labute approximate surface area is 145 Å². The van der Waals surface area contributed by atoms with Crippen molar-refractivity contribution in [2.75, 3.05) is 13.1 Å². The Balaban J connectivity index is 1.47. The fraction of sp³-hybridized carbons (Fsp3) is 0.389. The van der Waals surface area contributed by atoms with E-state index in [1.165, 1.54) is 0 Å². The zero-order valence-corrected chi connectivity index (χ0v) is 14.5. The van der Waals surface area contributed by atoms with Gasteiger partial charge in [-0.25, -0.2) is 4.68 Å². The van der Waals surface area contributed by atoms with E-state index in [-0.39, 0.29) is 11.9 Å². The average Bonchev–Trinajstić information content (AvgIpc) is 3.12. The summed E-state index contributed by atoms with van der Waals surface area (Å²) in [6, 6.07) is 6.05. The SMILES string of the molecule is Cc1cccn2cc(C(=O)N3CC(n4cc(C(C)(C)O)nn4)C3)cc12. The minimum Gasteiger partial charge on any atom is -0.384 e. The third-order valence-electron chi connectivity index (χ3n) is 4.75. The maximum absolute atomic E-state index is 12.7. The van der Waals surface area contributed by atoms with Gasteiger partial charge < -0.3 is 14.4 Å². The number of likely N-dealkylation sites (tertiary alicyclic amines) is 1. The molecule has 0 saturated carbocycles. The number of amides is 1. The number of aromatic nitrogens is 4. The summed E-state index contributed by atoms with van der Waals surface area (Å²) in [4.78, 5) is 14.5. The van der Waals surface area contributed by atoms with Gasteiger partial charge in [0.2, 0.25) is 0 Å². The van der Waals surface area contributed by atoms with E-state index in [0.29, 0.717) is 24.3 Å². The number of hydrogen-bond donors (Lipinski definition) is 1. The molecule has 1 N–H and O–H groups in total. The van der Waals surface area contributed by atoms with E-state index in [0.717, 1.165) is 11.1 Å². The van der Waals surface area contributed by atoms with Crippen LogP contribution in [-0.2, 0) is 5.60 Å². The van der Waals surface area contributed by atoms with Crippen molar-refractivity contribution in [3.05, 3.63) is 53.6 Å². The quantitative estimate of drug-likeness (QED) is 0.789. The molecule has 0 spiro atoms. The molecule has 1 aliphatic heterocycles. The lowest BCUT2D eigenvalue weighted by Gasteiger charge is -2.38. The van der Waals surface area contributed by atoms with Crippen molar-refractivity contribution in [3.63, 3.8) is 0 Å². The topological polar surface area (TPSA) is 75.7 Å². The Kier molecular flexibility index (Phi) is 3.43. The second kappa shape index (κ2) is 5.42. The van der Waals surface area contributed by atoms with E-state index in [4.69, 9.17) is 0 Å². The molecule has 4 rings (SSSR count). The molecule has 7 nitrogen and oxygen atoms in total. The lowest BCUT2D eigenvalue weighted by Crippen LogP contribution is -2.50. The van der Waals surface area contributed by atoms with Gasteiger partial charge in [0.15, 0.2) is 0 Å². The number of carbonyl (C=O) groups is 1. The molecule has 0 aliphatic carbocycles. The molecule has 7 heteroatoms. The van der Waals surface area contributed by atoms with E-state index < -0.39 is 5.60 Å². The molecule has 1 amide bonds. The van der Waals surface area contributed by atoms with E-state index in [1.807, 2.05) is 41.9 Å². The summed E-state index contributed by atoms with van der Waals surface area (Å²) in [7, 11) is 0. The molecule has 0 radical (unpaired) electrons. The van der Waals surface area contributed by atoms with Gasteiger partial charge in [0.05, 0.1) is 17.8 Å². The number of hydrogen-bond acceptors (Lipinski definition) is 4. The minimum atomic E-state index is -1.01. The van der Waals surface area contributed by atoms with Crippen LogP contribution in [0.5, 0.6) is 0 Å². The van der Waals surface area contributed by atoms with Crippen LogP contribution in [0.2, 0.25) is 0 Å². The predicted octanol–water partition coefficient (Wildman–Crippen LogP) is 1.76. The van der Waals surface area contributed by atoms with Crippen LogP contribution in [0, 0.1) is 6.92 Å². The van der Waals surface area contributed by atoms with Gasteiger partial charge in [0.1, 0.15) is 11.3 Å². The standard InChI is InChI=1S/C18H21N5O2/c1-12-5-4-6-21-8-13(7-15(12)21)17(24)22-9-14(10-22)23-11-16(19-20-23)18(2,3)25/h4-8,11,14,25H,9-10H2,1-3H3. The second-order valence-electron chi connectivity index (χ2n) is 7.22. The van der Waals surface area contributed by atoms with Gasteiger partial charge in [-0.15, -0.1) is 5.10 Å². The van der Waals surface area contributed by atoms with Gasteiger partial charge in [-0.1, -0.05) is 11.3 Å². The molecule has 130 valence electrons. The van der Waals surface area contributed by atoms with Crippen LogP contribution < -0.4 is 0 Å². The average molecular weight is 339 g/mol. The van der Waals surface area contributed by atoms with Gasteiger partial charge >= 0.3 is 0 Å². The first-order valence-electron chi connectivity index (χ1n) is 8.34.